The van der Waals surface area contributed by atoms with Crippen LogP contribution in [0.2, 0.25) is 0 Å². The van der Waals surface area contributed by atoms with Gasteiger partial charge in [0.15, 0.2) is 0 Å². The third kappa shape index (κ3) is 4.90. The van der Waals surface area contributed by atoms with Gasteiger partial charge in [0.05, 0.1) is 5.92 Å². The van der Waals surface area contributed by atoms with Crippen LogP contribution in [-0.4, -0.2) is 52.1 Å². The quantitative estimate of drug-likeness (QED) is 0.647. The first kappa shape index (κ1) is 19.3. The summed E-state index contributed by atoms with van der Waals surface area (Å²) in [5.41, 5.74) is 2.33. The molecule has 0 spiro atoms. The molecule has 3 aromatic rings. The monoisotopic (exact) mass is 390 g/mol. The summed E-state index contributed by atoms with van der Waals surface area (Å²) in [6.45, 7) is 5.96. The topological polar surface area (TPSA) is 62.5 Å². The van der Waals surface area contributed by atoms with Gasteiger partial charge in [-0.2, -0.15) is 0 Å². The van der Waals surface area contributed by atoms with E-state index < -0.39 is 0 Å². The number of nitrogens with zero attached hydrogens (tertiary/aromatic N) is 4. The number of carbonyl (C=O) groups is 1. The third-order valence-corrected chi connectivity index (χ3v) is 5.39. The lowest BCUT2D eigenvalue weighted by Crippen LogP contribution is -2.48. The zero-order chi connectivity index (χ0) is 20.1. The molecule has 2 aromatic carbocycles. The van der Waals surface area contributed by atoms with Crippen molar-refractivity contribution in [1.29, 1.82) is 0 Å². The number of piperazine rings is 1. The maximum absolute atomic E-state index is 13.0. The predicted molar refractivity (Wildman–Crippen MR) is 110 cm³/mol. The van der Waals surface area contributed by atoms with Crippen molar-refractivity contribution in [2.75, 3.05) is 26.2 Å². The lowest BCUT2D eigenvalue weighted by molar-refractivity contribution is -0.133. The summed E-state index contributed by atoms with van der Waals surface area (Å²) in [5, 5.41) is 8.14. The SMILES string of the molecule is Cc1nnc(C(CC(=O)N2CCN(Cc3ccccc3)CC2)c2ccccc2)o1. The standard InChI is InChI=1S/C23H26N4O2/c1-18-24-25-23(29-18)21(20-10-6-3-7-11-20)16-22(28)27-14-12-26(13-15-27)17-19-8-4-2-5-9-19/h2-11,21H,12-17H2,1H3. The molecular formula is C23H26N4O2. The fraction of sp³-hybridized carbons (Fsp3) is 0.348. The molecule has 1 aliphatic rings. The van der Waals surface area contributed by atoms with Gasteiger partial charge in [-0.15, -0.1) is 10.2 Å². The second-order valence-electron chi connectivity index (χ2n) is 7.47. The Kier molecular flexibility index (Phi) is 6.00. The number of aromatic nitrogens is 2. The first-order valence-corrected chi connectivity index (χ1v) is 10.1. The van der Waals surface area contributed by atoms with Crippen LogP contribution in [0.3, 0.4) is 0 Å². The molecule has 0 saturated carbocycles. The minimum atomic E-state index is -0.216. The van der Waals surface area contributed by atoms with Crippen LogP contribution in [-0.2, 0) is 11.3 Å². The zero-order valence-corrected chi connectivity index (χ0v) is 16.7. The van der Waals surface area contributed by atoms with Crippen molar-refractivity contribution in [2.24, 2.45) is 0 Å². The highest BCUT2D eigenvalue weighted by atomic mass is 16.4. The van der Waals surface area contributed by atoms with E-state index in [1.807, 2.05) is 41.3 Å². The Balaban J connectivity index is 1.38. The fourth-order valence-corrected chi connectivity index (χ4v) is 3.79. The predicted octanol–water partition coefficient (Wildman–Crippen LogP) is 3.24. The Morgan fingerprint density at radius 3 is 2.24 bits per heavy atom. The molecule has 0 N–H and O–H groups in total. The van der Waals surface area contributed by atoms with Crippen LogP contribution in [0.25, 0.3) is 0 Å². The van der Waals surface area contributed by atoms with Crippen molar-refractivity contribution in [3.63, 3.8) is 0 Å². The summed E-state index contributed by atoms with van der Waals surface area (Å²) >= 11 is 0. The van der Waals surface area contributed by atoms with E-state index in [-0.39, 0.29) is 11.8 Å². The summed E-state index contributed by atoms with van der Waals surface area (Å²) < 4.78 is 5.67. The van der Waals surface area contributed by atoms with E-state index in [1.54, 1.807) is 6.92 Å². The van der Waals surface area contributed by atoms with Crippen LogP contribution >= 0.6 is 0 Å². The van der Waals surface area contributed by atoms with Crippen molar-refractivity contribution in [1.82, 2.24) is 20.0 Å². The summed E-state index contributed by atoms with van der Waals surface area (Å²) in [4.78, 5) is 17.4. The first-order valence-electron chi connectivity index (χ1n) is 10.1. The zero-order valence-electron chi connectivity index (χ0n) is 16.7. The molecular weight excluding hydrogens is 364 g/mol. The molecule has 0 bridgehead atoms. The van der Waals surface area contributed by atoms with Gasteiger partial charge in [-0.05, 0) is 11.1 Å². The van der Waals surface area contributed by atoms with Crippen molar-refractivity contribution >= 4 is 5.91 Å². The Labute approximate surface area is 171 Å². The number of hydrogen-bond donors (Lipinski definition) is 0. The van der Waals surface area contributed by atoms with E-state index >= 15 is 0 Å². The van der Waals surface area contributed by atoms with Crippen LogP contribution in [0.4, 0.5) is 0 Å². The number of amides is 1. The van der Waals surface area contributed by atoms with Crippen LogP contribution in [0.15, 0.2) is 65.1 Å². The van der Waals surface area contributed by atoms with Crippen LogP contribution < -0.4 is 0 Å². The van der Waals surface area contributed by atoms with Gasteiger partial charge in [0, 0.05) is 46.1 Å². The van der Waals surface area contributed by atoms with E-state index in [9.17, 15) is 4.79 Å². The van der Waals surface area contributed by atoms with Crippen molar-refractivity contribution in [2.45, 2.75) is 25.8 Å². The smallest absolute Gasteiger partial charge is 0.224 e. The van der Waals surface area contributed by atoms with E-state index in [0.29, 0.717) is 18.2 Å². The van der Waals surface area contributed by atoms with Crippen molar-refractivity contribution in [3.8, 4) is 0 Å². The van der Waals surface area contributed by atoms with Gasteiger partial charge in [-0.25, -0.2) is 0 Å². The molecule has 6 nitrogen and oxygen atoms in total. The minimum absolute atomic E-state index is 0.133. The molecule has 1 saturated heterocycles. The van der Waals surface area contributed by atoms with Crippen LogP contribution in [0.5, 0.6) is 0 Å². The highest BCUT2D eigenvalue weighted by Gasteiger charge is 2.28. The molecule has 1 aromatic heterocycles. The number of benzene rings is 2. The normalized spacial score (nSPS) is 16.0. The molecule has 0 radical (unpaired) electrons. The second kappa shape index (κ2) is 9.01. The largest absolute Gasteiger partial charge is 0.425 e. The minimum Gasteiger partial charge on any atom is -0.425 e. The Hall–Kier alpha value is -2.99. The van der Waals surface area contributed by atoms with Crippen molar-refractivity contribution < 1.29 is 9.21 Å². The second-order valence-corrected chi connectivity index (χ2v) is 7.47. The molecule has 1 aliphatic heterocycles. The van der Waals surface area contributed by atoms with Crippen LogP contribution in [0, 0.1) is 6.92 Å². The van der Waals surface area contributed by atoms with Crippen molar-refractivity contribution in [3.05, 3.63) is 83.6 Å². The van der Waals surface area contributed by atoms with E-state index in [1.165, 1.54) is 5.56 Å². The molecule has 29 heavy (non-hydrogen) atoms. The average molecular weight is 390 g/mol. The van der Waals surface area contributed by atoms with E-state index in [4.69, 9.17) is 4.42 Å². The fourth-order valence-electron chi connectivity index (χ4n) is 3.79. The number of rotatable bonds is 6. The number of carbonyl (C=O) groups excluding carboxylic acids is 1. The van der Waals surface area contributed by atoms with Gasteiger partial charge >= 0.3 is 0 Å². The molecule has 0 aliphatic carbocycles. The number of hydrogen-bond acceptors (Lipinski definition) is 5. The summed E-state index contributed by atoms with van der Waals surface area (Å²) in [7, 11) is 0. The highest BCUT2D eigenvalue weighted by molar-refractivity contribution is 5.77. The maximum atomic E-state index is 13.0. The first-order chi connectivity index (χ1) is 14.2. The molecule has 6 heteroatoms. The van der Waals surface area contributed by atoms with Gasteiger partial charge in [0.2, 0.25) is 17.7 Å². The van der Waals surface area contributed by atoms with Gasteiger partial charge in [0.25, 0.3) is 0 Å². The lowest BCUT2D eigenvalue weighted by Gasteiger charge is -2.35. The third-order valence-electron chi connectivity index (χ3n) is 5.39. The van der Waals surface area contributed by atoms with Crippen LogP contribution in [0.1, 0.15) is 35.2 Å². The molecule has 2 heterocycles. The highest BCUT2D eigenvalue weighted by Crippen LogP contribution is 2.28. The van der Waals surface area contributed by atoms with E-state index in [2.05, 4.69) is 39.4 Å². The maximum Gasteiger partial charge on any atom is 0.224 e. The number of aryl methyl sites for hydroxylation is 1. The van der Waals surface area contributed by atoms with Gasteiger partial charge < -0.3 is 9.32 Å². The molecule has 1 atom stereocenters. The summed E-state index contributed by atoms with van der Waals surface area (Å²) in [5.74, 6) is 0.939. The average Bonchev–Trinajstić information content (AvgIpc) is 3.19. The molecule has 1 amide bonds. The Morgan fingerprint density at radius 2 is 1.62 bits per heavy atom. The Morgan fingerprint density at radius 1 is 0.966 bits per heavy atom. The van der Waals surface area contributed by atoms with Gasteiger partial charge in [-0.3, -0.25) is 9.69 Å². The van der Waals surface area contributed by atoms with Gasteiger partial charge in [-0.1, -0.05) is 60.7 Å². The molecule has 4 rings (SSSR count). The van der Waals surface area contributed by atoms with Gasteiger partial charge in [0.1, 0.15) is 0 Å². The molecule has 150 valence electrons. The molecule has 1 unspecified atom stereocenters. The lowest BCUT2D eigenvalue weighted by atomic mass is 9.95. The molecule has 1 fully saturated rings. The summed E-state index contributed by atoms with van der Waals surface area (Å²) in [6.07, 6.45) is 0.338. The summed E-state index contributed by atoms with van der Waals surface area (Å²) in [6, 6.07) is 20.4. The van der Waals surface area contributed by atoms with E-state index in [0.717, 1.165) is 38.3 Å². The Bertz CT molecular complexity index is 918.